The van der Waals surface area contributed by atoms with Gasteiger partial charge in [-0.05, 0) is 18.4 Å². The topological polar surface area (TPSA) is 61.0 Å². The fraction of sp³-hybridized carbons (Fsp3) is 0.600. The second-order valence-corrected chi connectivity index (χ2v) is 3.39. The second kappa shape index (κ2) is 5.67. The van der Waals surface area contributed by atoms with Gasteiger partial charge in [-0.3, -0.25) is 0 Å². The van der Waals surface area contributed by atoms with Crippen LogP contribution in [0.3, 0.4) is 0 Å². The molecule has 0 amide bonds. The third-order valence-electron chi connectivity index (χ3n) is 2.27. The molecule has 0 fully saturated rings. The predicted octanol–water partition coefficient (Wildman–Crippen LogP) is 1.15. The van der Waals surface area contributed by atoms with Crippen molar-refractivity contribution in [1.82, 2.24) is 9.97 Å². The third-order valence-corrected chi connectivity index (χ3v) is 2.27. The molecule has 1 rings (SSSR count). The van der Waals surface area contributed by atoms with Crippen molar-refractivity contribution in [2.24, 2.45) is 11.7 Å². The van der Waals surface area contributed by atoms with Crippen LogP contribution in [-0.2, 0) is 4.74 Å². The van der Waals surface area contributed by atoms with E-state index in [2.05, 4.69) is 16.9 Å². The number of nitrogens with two attached hydrogens (primary N) is 1. The smallest absolute Gasteiger partial charge is 0.145 e. The highest BCUT2D eigenvalue weighted by atomic mass is 16.5. The normalized spacial score (nSPS) is 15.1. The number of methoxy groups -OCH3 is 1. The molecule has 1 aromatic rings. The molecule has 2 unspecified atom stereocenters. The molecule has 78 valence electrons. The van der Waals surface area contributed by atoms with Gasteiger partial charge in [0.25, 0.3) is 0 Å². The van der Waals surface area contributed by atoms with Crippen molar-refractivity contribution in [3.8, 4) is 0 Å². The van der Waals surface area contributed by atoms with E-state index >= 15 is 0 Å². The van der Waals surface area contributed by atoms with Gasteiger partial charge in [0.05, 0.1) is 6.04 Å². The summed E-state index contributed by atoms with van der Waals surface area (Å²) < 4.78 is 5.00. The SMILES string of the molecule is COCCC(C)C(N)c1ncccn1. The van der Waals surface area contributed by atoms with E-state index in [4.69, 9.17) is 10.5 Å². The first-order valence-electron chi connectivity index (χ1n) is 4.77. The van der Waals surface area contributed by atoms with Crippen LogP contribution in [0.4, 0.5) is 0 Å². The van der Waals surface area contributed by atoms with Gasteiger partial charge in [-0.25, -0.2) is 9.97 Å². The lowest BCUT2D eigenvalue weighted by molar-refractivity contribution is 0.174. The van der Waals surface area contributed by atoms with Crippen molar-refractivity contribution in [3.63, 3.8) is 0 Å². The number of ether oxygens (including phenoxy) is 1. The molecule has 0 aliphatic rings. The molecule has 0 saturated carbocycles. The highest BCUT2D eigenvalue weighted by Gasteiger charge is 2.16. The molecule has 4 nitrogen and oxygen atoms in total. The Morgan fingerprint density at radius 1 is 1.43 bits per heavy atom. The van der Waals surface area contributed by atoms with Crippen LogP contribution in [0.5, 0.6) is 0 Å². The number of nitrogens with zero attached hydrogens (tertiary/aromatic N) is 2. The van der Waals surface area contributed by atoms with Crippen LogP contribution in [0.2, 0.25) is 0 Å². The zero-order valence-electron chi connectivity index (χ0n) is 8.68. The van der Waals surface area contributed by atoms with Crippen molar-refractivity contribution >= 4 is 0 Å². The van der Waals surface area contributed by atoms with Crippen LogP contribution < -0.4 is 5.73 Å². The van der Waals surface area contributed by atoms with Crippen LogP contribution in [0.1, 0.15) is 25.2 Å². The zero-order chi connectivity index (χ0) is 10.4. The van der Waals surface area contributed by atoms with Crippen molar-refractivity contribution in [3.05, 3.63) is 24.3 Å². The molecule has 0 aromatic carbocycles. The van der Waals surface area contributed by atoms with E-state index in [1.807, 2.05) is 0 Å². The fourth-order valence-electron chi connectivity index (χ4n) is 1.22. The lowest BCUT2D eigenvalue weighted by Crippen LogP contribution is -2.22. The molecule has 0 saturated heterocycles. The average molecular weight is 195 g/mol. The average Bonchev–Trinajstić information content (AvgIpc) is 2.26. The monoisotopic (exact) mass is 195 g/mol. The van der Waals surface area contributed by atoms with Gasteiger partial charge in [-0.1, -0.05) is 6.92 Å². The molecule has 0 aliphatic heterocycles. The molecule has 2 N–H and O–H groups in total. The van der Waals surface area contributed by atoms with Gasteiger partial charge >= 0.3 is 0 Å². The molecule has 0 bridgehead atoms. The third kappa shape index (κ3) is 3.05. The first-order valence-corrected chi connectivity index (χ1v) is 4.77. The summed E-state index contributed by atoms with van der Waals surface area (Å²) in [5.74, 6) is 1.04. The Bertz CT molecular complexity index is 253. The Labute approximate surface area is 84.5 Å². The minimum atomic E-state index is -0.105. The minimum absolute atomic E-state index is 0.105. The summed E-state index contributed by atoms with van der Waals surface area (Å²) >= 11 is 0. The van der Waals surface area contributed by atoms with Gasteiger partial charge in [-0.2, -0.15) is 0 Å². The molecule has 1 aromatic heterocycles. The van der Waals surface area contributed by atoms with E-state index in [0.29, 0.717) is 11.7 Å². The molecular weight excluding hydrogens is 178 g/mol. The van der Waals surface area contributed by atoms with E-state index in [1.165, 1.54) is 0 Å². The maximum absolute atomic E-state index is 6.00. The summed E-state index contributed by atoms with van der Waals surface area (Å²) in [5, 5.41) is 0. The van der Waals surface area contributed by atoms with Gasteiger partial charge in [0, 0.05) is 26.1 Å². The summed E-state index contributed by atoms with van der Waals surface area (Å²) in [5.41, 5.74) is 6.00. The summed E-state index contributed by atoms with van der Waals surface area (Å²) in [6.07, 6.45) is 4.35. The molecule has 0 aliphatic carbocycles. The van der Waals surface area contributed by atoms with Gasteiger partial charge in [-0.15, -0.1) is 0 Å². The summed E-state index contributed by atoms with van der Waals surface area (Å²) in [6, 6.07) is 1.68. The Morgan fingerprint density at radius 3 is 2.64 bits per heavy atom. The minimum Gasteiger partial charge on any atom is -0.385 e. The summed E-state index contributed by atoms with van der Waals surface area (Å²) in [7, 11) is 1.69. The predicted molar refractivity (Wildman–Crippen MR) is 54.6 cm³/mol. The Kier molecular flexibility index (Phi) is 4.49. The largest absolute Gasteiger partial charge is 0.385 e. The van der Waals surface area contributed by atoms with Gasteiger partial charge in [0.1, 0.15) is 5.82 Å². The molecular formula is C10H17N3O. The van der Waals surface area contributed by atoms with Gasteiger partial charge in [0.15, 0.2) is 0 Å². The Balaban J connectivity index is 2.52. The molecule has 2 atom stereocenters. The van der Waals surface area contributed by atoms with E-state index in [0.717, 1.165) is 13.0 Å². The van der Waals surface area contributed by atoms with E-state index < -0.39 is 0 Å². The maximum atomic E-state index is 6.00. The van der Waals surface area contributed by atoms with E-state index in [9.17, 15) is 0 Å². The molecule has 14 heavy (non-hydrogen) atoms. The summed E-state index contributed by atoms with van der Waals surface area (Å²) in [4.78, 5) is 8.26. The van der Waals surface area contributed by atoms with Crippen LogP contribution in [0, 0.1) is 5.92 Å². The van der Waals surface area contributed by atoms with Crippen molar-refractivity contribution in [2.45, 2.75) is 19.4 Å². The highest BCUT2D eigenvalue weighted by molar-refractivity contribution is 4.96. The number of hydrogen-bond donors (Lipinski definition) is 1. The standard InChI is InChI=1S/C10H17N3O/c1-8(4-7-14-2)9(11)10-12-5-3-6-13-10/h3,5-6,8-9H,4,7,11H2,1-2H3. The first-order chi connectivity index (χ1) is 6.75. The number of hydrogen-bond acceptors (Lipinski definition) is 4. The lowest BCUT2D eigenvalue weighted by atomic mass is 9.99. The van der Waals surface area contributed by atoms with Gasteiger partial charge < -0.3 is 10.5 Å². The second-order valence-electron chi connectivity index (χ2n) is 3.39. The number of rotatable bonds is 5. The van der Waals surface area contributed by atoms with E-state index in [-0.39, 0.29) is 6.04 Å². The number of aromatic nitrogens is 2. The lowest BCUT2D eigenvalue weighted by Gasteiger charge is -2.17. The quantitative estimate of drug-likeness (QED) is 0.765. The van der Waals surface area contributed by atoms with E-state index in [1.54, 1.807) is 25.6 Å². The van der Waals surface area contributed by atoms with Crippen molar-refractivity contribution in [2.75, 3.05) is 13.7 Å². The first kappa shape index (κ1) is 11.1. The van der Waals surface area contributed by atoms with Crippen LogP contribution in [-0.4, -0.2) is 23.7 Å². The zero-order valence-corrected chi connectivity index (χ0v) is 8.68. The summed E-state index contributed by atoms with van der Waals surface area (Å²) in [6.45, 7) is 2.81. The highest BCUT2D eigenvalue weighted by Crippen LogP contribution is 2.17. The Hall–Kier alpha value is -1.00. The van der Waals surface area contributed by atoms with Crippen LogP contribution in [0.25, 0.3) is 0 Å². The Morgan fingerprint density at radius 2 is 2.07 bits per heavy atom. The maximum Gasteiger partial charge on any atom is 0.145 e. The molecule has 1 heterocycles. The fourth-order valence-corrected chi connectivity index (χ4v) is 1.22. The van der Waals surface area contributed by atoms with Crippen LogP contribution >= 0.6 is 0 Å². The molecule has 4 heteroatoms. The molecule has 0 radical (unpaired) electrons. The van der Waals surface area contributed by atoms with Crippen molar-refractivity contribution < 1.29 is 4.74 Å². The van der Waals surface area contributed by atoms with Gasteiger partial charge in [0.2, 0.25) is 0 Å². The molecule has 0 spiro atoms. The van der Waals surface area contributed by atoms with Crippen LogP contribution in [0.15, 0.2) is 18.5 Å². The van der Waals surface area contributed by atoms with Crippen molar-refractivity contribution in [1.29, 1.82) is 0 Å².